The molecule has 0 spiro atoms. The lowest BCUT2D eigenvalue weighted by Crippen LogP contribution is -2.47. The first-order valence-corrected chi connectivity index (χ1v) is 14.5. The average Bonchev–Trinajstić information content (AvgIpc) is 3.76. The second kappa shape index (κ2) is 15.9. The summed E-state index contributed by atoms with van der Waals surface area (Å²) in [6, 6.07) is 20.1. The number of hydrogen-bond acceptors (Lipinski definition) is 6. The van der Waals surface area contributed by atoms with Gasteiger partial charge >= 0.3 is 0 Å². The van der Waals surface area contributed by atoms with Crippen LogP contribution in [0.2, 0.25) is 0 Å². The third kappa shape index (κ3) is 10.0. The molecule has 2 amide bonds. The van der Waals surface area contributed by atoms with Crippen molar-refractivity contribution in [1.82, 2.24) is 15.1 Å². The SMILES string of the molecule is CN(C)C(=O)[C@H]1CC[C@@H](O)[C@H](NCc2ccccc2)C1.CN(C)C(=O)[C@H]1CC[C@H]2O[C@H]2C1.NCc1ccccc1. The van der Waals surface area contributed by atoms with Gasteiger partial charge in [0.15, 0.2) is 0 Å². The first-order chi connectivity index (χ1) is 19.2. The van der Waals surface area contributed by atoms with E-state index < -0.39 is 0 Å². The van der Waals surface area contributed by atoms with Crippen molar-refractivity contribution in [2.75, 3.05) is 28.2 Å². The van der Waals surface area contributed by atoms with Crippen LogP contribution in [0.15, 0.2) is 60.7 Å². The molecule has 2 aromatic rings. The molecular weight excluding hydrogens is 504 g/mol. The van der Waals surface area contributed by atoms with E-state index in [1.807, 2.05) is 62.6 Å². The van der Waals surface area contributed by atoms with Crippen LogP contribution >= 0.6 is 0 Å². The number of hydrogen-bond donors (Lipinski definition) is 3. The summed E-state index contributed by atoms with van der Waals surface area (Å²) >= 11 is 0. The number of nitrogens with two attached hydrogens (primary N) is 1. The van der Waals surface area contributed by atoms with Crippen molar-refractivity contribution in [3.63, 3.8) is 0 Å². The summed E-state index contributed by atoms with van der Waals surface area (Å²) in [6.45, 7) is 1.37. The third-order valence-corrected chi connectivity index (χ3v) is 7.89. The number of carbonyl (C=O) groups is 2. The average molecular weight is 553 g/mol. The van der Waals surface area contributed by atoms with Gasteiger partial charge in [0.25, 0.3) is 0 Å². The second-order valence-electron chi connectivity index (χ2n) is 11.4. The van der Waals surface area contributed by atoms with Gasteiger partial charge in [-0.05, 0) is 49.7 Å². The highest BCUT2D eigenvalue weighted by atomic mass is 16.6. The molecule has 0 bridgehead atoms. The standard InChI is InChI=1S/C16H24N2O2.C9H15NO2.C7H9N/c1-18(2)16(20)13-8-9-15(19)14(10-13)17-11-12-6-4-3-5-7-12;1-10(2)9(11)6-3-4-7-8(5-6)12-7;8-6-7-4-2-1-3-5-7/h3-7,13-15,17,19H,8-11H2,1-2H3;6-8H,3-5H2,1-2H3;1-5H,6,8H2/t13-,14+,15+;6-,7+,8-;/m00./s1. The maximum atomic E-state index is 12.0. The van der Waals surface area contributed by atoms with E-state index in [1.165, 1.54) is 11.1 Å². The zero-order chi connectivity index (χ0) is 29.1. The van der Waals surface area contributed by atoms with E-state index in [0.29, 0.717) is 31.6 Å². The fourth-order valence-electron chi connectivity index (χ4n) is 5.42. The maximum absolute atomic E-state index is 12.0. The van der Waals surface area contributed by atoms with Crippen LogP contribution in [0.3, 0.4) is 0 Å². The number of epoxide rings is 1. The van der Waals surface area contributed by atoms with Gasteiger partial charge in [-0.2, -0.15) is 0 Å². The van der Waals surface area contributed by atoms with Crippen molar-refractivity contribution in [3.05, 3.63) is 71.8 Å². The molecule has 2 aromatic carbocycles. The summed E-state index contributed by atoms with van der Waals surface area (Å²) in [4.78, 5) is 26.9. The minimum absolute atomic E-state index is 0.00199. The predicted octanol–water partition coefficient (Wildman–Crippen LogP) is 3.18. The molecule has 2 aliphatic carbocycles. The predicted molar refractivity (Wildman–Crippen MR) is 158 cm³/mol. The van der Waals surface area contributed by atoms with Crippen LogP contribution in [0.1, 0.15) is 49.7 Å². The molecule has 0 aromatic heterocycles. The monoisotopic (exact) mass is 552 g/mol. The van der Waals surface area contributed by atoms with Crippen LogP contribution in [0.5, 0.6) is 0 Å². The summed E-state index contributed by atoms with van der Waals surface area (Å²) in [7, 11) is 7.23. The Morgan fingerprint density at radius 1 is 0.800 bits per heavy atom. The van der Waals surface area contributed by atoms with E-state index in [2.05, 4.69) is 17.4 Å². The molecule has 2 saturated carbocycles. The fraction of sp³-hybridized carbons (Fsp3) is 0.562. The summed E-state index contributed by atoms with van der Waals surface area (Å²) in [5.74, 6) is 0.692. The quantitative estimate of drug-likeness (QED) is 0.475. The van der Waals surface area contributed by atoms with E-state index in [9.17, 15) is 14.7 Å². The molecule has 6 atom stereocenters. The Balaban J connectivity index is 0.000000185. The molecule has 8 heteroatoms. The van der Waals surface area contributed by atoms with Gasteiger partial charge in [0.1, 0.15) is 0 Å². The molecule has 0 unspecified atom stereocenters. The number of aliphatic hydroxyl groups excluding tert-OH is 1. The van der Waals surface area contributed by atoms with Gasteiger partial charge in [0.05, 0.1) is 18.3 Å². The Morgan fingerprint density at radius 3 is 1.82 bits per heavy atom. The first-order valence-electron chi connectivity index (χ1n) is 14.5. The summed E-state index contributed by atoms with van der Waals surface area (Å²) in [6.07, 6.45) is 5.77. The van der Waals surface area contributed by atoms with Crippen LogP contribution in [0, 0.1) is 11.8 Å². The van der Waals surface area contributed by atoms with Crippen molar-refractivity contribution in [1.29, 1.82) is 0 Å². The molecule has 5 rings (SSSR count). The van der Waals surface area contributed by atoms with Gasteiger partial charge < -0.3 is 30.7 Å². The van der Waals surface area contributed by atoms with E-state index in [4.69, 9.17) is 10.5 Å². The molecule has 0 radical (unpaired) electrons. The zero-order valence-corrected chi connectivity index (χ0v) is 24.5. The van der Waals surface area contributed by atoms with Crippen LogP contribution in [-0.4, -0.2) is 79.3 Å². The largest absolute Gasteiger partial charge is 0.392 e. The Kier molecular flexibility index (Phi) is 12.6. The van der Waals surface area contributed by atoms with Crippen molar-refractivity contribution in [2.24, 2.45) is 17.6 Å². The molecular formula is C32H48N4O4. The molecule has 40 heavy (non-hydrogen) atoms. The number of amides is 2. The topological polar surface area (TPSA) is 111 Å². The molecule has 4 N–H and O–H groups in total. The lowest BCUT2D eigenvalue weighted by Gasteiger charge is -2.34. The van der Waals surface area contributed by atoms with Gasteiger partial charge in [0, 0.05) is 59.2 Å². The minimum atomic E-state index is -0.357. The lowest BCUT2D eigenvalue weighted by atomic mass is 9.83. The van der Waals surface area contributed by atoms with Crippen molar-refractivity contribution >= 4 is 11.8 Å². The van der Waals surface area contributed by atoms with Crippen LogP contribution in [0.4, 0.5) is 0 Å². The fourth-order valence-corrected chi connectivity index (χ4v) is 5.42. The molecule has 1 saturated heterocycles. The molecule has 3 fully saturated rings. The van der Waals surface area contributed by atoms with E-state index in [0.717, 1.165) is 32.2 Å². The van der Waals surface area contributed by atoms with Crippen molar-refractivity contribution in [2.45, 2.75) is 76.0 Å². The van der Waals surface area contributed by atoms with Crippen molar-refractivity contribution < 1.29 is 19.4 Å². The van der Waals surface area contributed by atoms with Crippen LogP contribution in [0.25, 0.3) is 0 Å². The van der Waals surface area contributed by atoms with Gasteiger partial charge in [-0.3, -0.25) is 9.59 Å². The van der Waals surface area contributed by atoms with E-state index in [-0.39, 0.29) is 35.8 Å². The minimum Gasteiger partial charge on any atom is -0.392 e. The third-order valence-electron chi connectivity index (χ3n) is 7.89. The number of aliphatic hydroxyl groups is 1. The molecule has 220 valence electrons. The van der Waals surface area contributed by atoms with Gasteiger partial charge in [-0.1, -0.05) is 60.7 Å². The second-order valence-corrected chi connectivity index (χ2v) is 11.4. The smallest absolute Gasteiger partial charge is 0.225 e. The number of nitrogens with zero attached hydrogens (tertiary/aromatic N) is 2. The Hall–Kier alpha value is -2.78. The first kappa shape index (κ1) is 31.7. The van der Waals surface area contributed by atoms with E-state index in [1.54, 1.807) is 23.9 Å². The van der Waals surface area contributed by atoms with Gasteiger partial charge in [-0.25, -0.2) is 0 Å². The van der Waals surface area contributed by atoms with Crippen molar-refractivity contribution in [3.8, 4) is 0 Å². The Bertz CT molecular complexity index is 1030. The number of rotatable bonds is 6. The normalized spacial score (nSPS) is 26.6. The molecule has 8 nitrogen and oxygen atoms in total. The summed E-state index contributed by atoms with van der Waals surface area (Å²) in [5.41, 5.74) is 7.73. The highest BCUT2D eigenvalue weighted by Crippen LogP contribution is 2.39. The highest BCUT2D eigenvalue weighted by Gasteiger charge is 2.45. The maximum Gasteiger partial charge on any atom is 0.225 e. The van der Waals surface area contributed by atoms with Crippen LogP contribution in [-0.2, 0) is 27.4 Å². The Labute approximate surface area is 239 Å². The summed E-state index contributed by atoms with van der Waals surface area (Å²) in [5, 5.41) is 13.5. The lowest BCUT2D eigenvalue weighted by molar-refractivity contribution is -0.135. The highest BCUT2D eigenvalue weighted by molar-refractivity contribution is 5.79. The van der Waals surface area contributed by atoms with Gasteiger partial charge in [0.2, 0.25) is 11.8 Å². The Morgan fingerprint density at radius 2 is 1.32 bits per heavy atom. The number of ether oxygens (including phenoxy) is 1. The molecule has 3 aliphatic rings. The van der Waals surface area contributed by atoms with Gasteiger partial charge in [-0.15, -0.1) is 0 Å². The number of benzene rings is 2. The zero-order valence-electron chi connectivity index (χ0n) is 24.5. The summed E-state index contributed by atoms with van der Waals surface area (Å²) < 4.78 is 5.37. The van der Waals surface area contributed by atoms with E-state index >= 15 is 0 Å². The molecule has 1 aliphatic heterocycles. The number of carbonyl (C=O) groups excluding carboxylic acids is 2. The number of nitrogens with one attached hydrogen (secondary N) is 1. The van der Waals surface area contributed by atoms with Crippen LogP contribution < -0.4 is 11.1 Å². The number of fused-ring (bicyclic) bond motifs is 1. The molecule has 1 heterocycles.